The predicted molar refractivity (Wildman–Crippen MR) is 57.5 cm³/mol. The molecule has 0 rings (SSSR count). The standard InChI is InChI=1S/C10H20N2O3/c1-3-4-5-6-7-10(2,8(13)14)12-9(11)15/h3-7H2,1-2H3,(H,13,14)(H3,11,12,15)/t10-/m0/s1. The van der Waals surface area contributed by atoms with Gasteiger partial charge in [-0.3, -0.25) is 0 Å². The summed E-state index contributed by atoms with van der Waals surface area (Å²) in [5, 5.41) is 11.2. The minimum absolute atomic E-state index is 0.408. The Balaban J connectivity index is 4.14. The van der Waals surface area contributed by atoms with Gasteiger partial charge in [-0.2, -0.15) is 0 Å². The number of carbonyl (C=O) groups excluding carboxylic acids is 1. The van der Waals surface area contributed by atoms with Gasteiger partial charge in [-0.05, 0) is 13.3 Å². The van der Waals surface area contributed by atoms with E-state index in [9.17, 15) is 9.59 Å². The molecular weight excluding hydrogens is 196 g/mol. The molecule has 5 nitrogen and oxygen atoms in total. The van der Waals surface area contributed by atoms with Crippen LogP contribution in [0.1, 0.15) is 46.0 Å². The fourth-order valence-electron chi connectivity index (χ4n) is 1.40. The van der Waals surface area contributed by atoms with E-state index in [-0.39, 0.29) is 0 Å². The van der Waals surface area contributed by atoms with Crippen LogP contribution in [0.5, 0.6) is 0 Å². The van der Waals surface area contributed by atoms with Crippen molar-refractivity contribution in [1.29, 1.82) is 0 Å². The van der Waals surface area contributed by atoms with E-state index in [4.69, 9.17) is 10.8 Å². The first-order chi connectivity index (χ1) is 6.92. The van der Waals surface area contributed by atoms with Crippen LogP contribution in [-0.4, -0.2) is 22.6 Å². The third kappa shape index (κ3) is 5.24. The van der Waals surface area contributed by atoms with E-state index >= 15 is 0 Å². The molecule has 0 heterocycles. The third-order valence-electron chi connectivity index (χ3n) is 2.40. The number of nitrogens with one attached hydrogen (secondary N) is 1. The van der Waals surface area contributed by atoms with Crippen LogP contribution in [0.4, 0.5) is 4.79 Å². The molecule has 0 spiro atoms. The molecule has 88 valence electrons. The first kappa shape index (κ1) is 13.7. The summed E-state index contributed by atoms with van der Waals surface area (Å²) in [5.41, 5.74) is 3.70. The Hall–Kier alpha value is -1.26. The minimum Gasteiger partial charge on any atom is -0.480 e. The highest BCUT2D eigenvalue weighted by Crippen LogP contribution is 2.15. The Bertz CT molecular complexity index is 231. The Kier molecular flexibility index (Phi) is 5.74. The lowest BCUT2D eigenvalue weighted by Crippen LogP contribution is -2.53. The zero-order valence-corrected chi connectivity index (χ0v) is 9.38. The zero-order chi connectivity index (χ0) is 11.9. The smallest absolute Gasteiger partial charge is 0.329 e. The highest BCUT2D eigenvalue weighted by atomic mass is 16.4. The highest BCUT2D eigenvalue weighted by Gasteiger charge is 2.33. The predicted octanol–water partition coefficient (Wildman–Crippen LogP) is 1.47. The van der Waals surface area contributed by atoms with Gasteiger partial charge in [0.15, 0.2) is 0 Å². The molecule has 1 atom stereocenters. The molecule has 4 N–H and O–H groups in total. The van der Waals surface area contributed by atoms with Gasteiger partial charge in [-0.25, -0.2) is 9.59 Å². The normalized spacial score (nSPS) is 14.3. The molecule has 0 bridgehead atoms. The monoisotopic (exact) mass is 216 g/mol. The third-order valence-corrected chi connectivity index (χ3v) is 2.40. The average molecular weight is 216 g/mol. The molecule has 0 aliphatic carbocycles. The van der Waals surface area contributed by atoms with Gasteiger partial charge in [0.25, 0.3) is 0 Å². The summed E-state index contributed by atoms with van der Waals surface area (Å²) in [6, 6.07) is -0.796. The van der Waals surface area contributed by atoms with E-state index in [1.807, 2.05) is 0 Å². The molecule has 0 aromatic heterocycles. The number of unbranched alkanes of at least 4 members (excludes halogenated alkanes) is 3. The summed E-state index contributed by atoms with van der Waals surface area (Å²) >= 11 is 0. The van der Waals surface area contributed by atoms with Crippen molar-refractivity contribution in [3.05, 3.63) is 0 Å². The van der Waals surface area contributed by atoms with Crippen LogP contribution in [0.15, 0.2) is 0 Å². The van der Waals surface area contributed by atoms with Gasteiger partial charge in [0, 0.05) is 0 Å². The van der Waals surface area contributed by atoms with E-state index in [1.54, 1.807) is 0 Å². The van der Waals surface area contributed by atoms with Crippen molar-refractivity contribution in [3.8, 4) is 0 Å². The molecular formula is C10H20N2O3. The molecule has 0 radical (unpaired) electrons. The highest BCUT2D eigenvalue weighted by molar-refractivity contribution is 5.85. The summed E-state index contributed by atoms with van der Waals surface area (Å²) in [7, 11) is 0. The van der Waals surface area contributed by atoms with E-state index in [2.05, 4.69) is 12.2 Å². The van der Waals surface area contributed by atoms with Crippen LogP contribution in [0.25, 0.3) is 0 Å². The fourth-order valence-corrected chi connectivity index (χ4v) is 1.40. The molecule has 0 unspecified atom stereocenters. The second-order valence-electron chi connectivity index (χ2n) is 3.94. The summed E-state index contributed by atoms with van der Waals surface area (Å²) in [5.74, 6) is -1.04. The number of urea groups is 1. The van der Waals surface area contributed by atoms with E-state index in [0.717, 1.165) is 25.7 Å². The van der Waals surface area contributed by atoms with Crippen molar-refractivity contribution in [2.45, 2.75) is 51.5 Å². The maximum atomic E-state index is 11.0. The van der Waals surface area contributed by atoms with Gasteiger partial charge < -0.3 is 16.2 Å². The Morgan fingerprint density at radius 3 is 2.33 bits per heavy atom. The van der Waals surface area contributed by atoms with Gasteiger partial charge in [-0.15, -0.1) is 0 Å². The first-order valence-electron chi connectivity index (χ1n) is 5.23. The molecule has 0 aromatic carbocycles. The molecule has 0 aliphatic heterocycles. The number of carboxylic acids is 1. The van der Waals surface area contributed by atoms with Crippen LogP contribution < -0.4 is 11.1 Å². The van der Waals surface area contributed by atoms with E-state index in [1.165, 1.54) is 6.92 Å². The van der Waals surface area contributed by atoms with Crippen molar-refractivity contribution < 1.29 is 14.7 Å². The number of carbonyl (C=O) groups is 2. The van der Waals surface area contributed by atoms with E-state index < -0.39 is 17.5 Å². The molecule has 0 fully saturated rings. The van der Waals surface area contributed by atoms with Gasteiger partial charge in [0.2, 0.25) is 0 Å². The number of hydrogen-bond acceptors (Lipinski definition) is 2. The number of carboxylic acid groups (broad SMARTS) is 1. The molecule has 2 amide bonds. The molecule has 0 saturated carbocycles. The van der Waals surface area contributed by atoms with Crippen LogP contribution in [0.2, 0.25) is 0 Å². The van der Waals surface area contributed by atoms with Gasteiger partial charge >= 0.3 is 12.0 Å². The lowest BCUT2D eigenvalue weighted by Gasteiger charge is -2.25. The quantitative estimate of drug-likeness (QED) is 0.562. The molecule has 15 heavy (non-hydrogen) atoms. The fraction of sp³-hybridized carbons (Fsp3) is 0.800. The van der Waals surface area contributed by atoms with Crippen molar-refractivity contribution in [3.63, 3.8) is 0 Å². The largest absolute Gasteiger partial charge is 0.480 e. The van der Waals surface area contributed by atoms with E-state index in [0.29, 0.717) is 6.42 Å². The molecule has 5 heteroatoms. The summed E-state index contributed by atoms with van der Waals surface area (Å²) < 4.78 is 0. The van der Waals surface area contributed by atoms with Crippen molar-refractivity contribution in [2.75, 3.05) is 0 Å². The number of primary amides is 1. The van der Waals surface area contributed by atoms with Gasteiger partial charge in [0.05, 0.1) is 0 Å². The van der Waals surface area contributed by atoms with Crippen molar-refractivity contribution in [1.82, 2.24) is 5.32 Å². The van der Waals surface area contributed by atoms with Gasteiger partial charge in [0.1, 0.15) is 5.54 Å². The lowest BCUT2D eigenvalue weighted by atomic mass is 9.94. The SMILES string of the molecule is CCCCCC[C@](C)(NC(N)=O)C(=O)O. The molecule has 0 aromatic rings. The second kappa shape index (κ2) is 6.27. The molecule has 0 aliphatic rings. The minimum atomic E-state index is -1.24. The van der Waals surface area contributed by atoms with Crippen molar-refractivity contribution in [2.24, 2.45) is 5.73 Å². The number of rotatable bonds is 7. The second-order valence-corrected chi connectivity index (χ2v) is 3.94. The number of nitrogens with two attached hydrogens (primary N) is 1. The zero-order valence-electron chi connectivity index (χ0n) is 9.38. The number of aliphatic carboxylic acids is 1. The summed E-state index contributed by atoms with van der Waals surface area (Å²) in [6.45, 7) is 3.56. The number of hydrogen-bond donors (Lipinski definition) is 3. The van der Waals surface area contributed by atoms with Crippen LogP contribution >= 0.6 is 0 Å². The van der Waals surface area contributed by atoms with Crippen LogP contribution in [0.3, 0.4) is 0 Å². The maximum absolute atomic E-state index is 11.0. The maximum Gasteiger partial charge on any atom is 0.329 e. The number of amides is 2. The van der Waals surface area contributed by atoms with Crippen molar-refractivity contribution >= 4 is 12.0 Å². The topological polar surface area (TPSA) is 92.4 Å². The Labute approximate surface area is 90.0 Å². The van der Waals surface area contributed by atoms with Crippen LogP contribution in [0, 0.1) is 0 Å². The summed E-state index contributed by atoms with van der Waals surface area (Å²) in [4.78, 5) is 21.6. The summed E-state index contributed by atoms with van der Waals surface area (Å²) in [6.07, 6.45) is 4.32. The lowest BCUT2D eigenvalue weighted by molar-refractivity contribution is -0.144. The first-order valence-corrected chi connectivity index (χ1v) is 5.23. The average Bonchev–Trinajstić information content (AvgIpc) is 2.11. The molecule has 0 saturated heterocycles. The Morgan fingerprint density at radius 1 is 1.33 bits per heavy atom. The Morgan fingerprint density at radius 2 is 1.93 bits per heavy atom. The van der Waals surface area contributed by atoms with Gasteiger partial charge in [-0.1, -0.05) is 32.6 Å². The van der Waals surface area contributed by atoms with Crippen LogP contribution in [-0.2, 0) is 4.79 Å².